The van der Waals surface area contributed by atoms with Crippen molar-refractivity contribution in [3.8, 4) is 0 Å². The van der Waals surface area contributed by atoms with Crippen molar-refractivity contribution in [1.82, 2.24) is 15.2 Å². The monoisotopic (exact) mass is 357 g/mol. The van der Waals surface area contributed by atoms with Crippen LogP contribution in [0.3, 0.4) is 0 Å². The highest BCUT2D eigenvalue weighted by Gasteiger charge is 2.40. The van der Waals surface area contributed by atoms with Crippen LogP contribution in [-0.4, -0.2) is 40.3 Å². The van der Waals surface area contributed by atoms with Crippen LogP contribution < -0.4 is 5.32 Å². The van der Waals surface area contributed by atoms with Gasteiger partial charge in [0.1, 0.15) is 5.82 Å². The number of amides is 2. The van der Waals surface area contributed by atoms with E-state index in [1.807, 2.05) is 6.92 Å². The fourth-order valence-corrected chi connectivity index (χ4v) is 4.06. The summed E-state index contributed by atoms with van der Waals surface area (Å²) >= 11 is 0. The van der Waals surface area contributed by atoms with Crippen LogP contribution in [0.1, 0.15) is 43.5 Å². The van der Waals surface area contributed by atoms with Crippen LogP contribution in [0.5, 0.6) is 0 Å². The van der Waals surface area contributed by atoms with Crippen molar-refractivity contribution in [1.29, 1.82) is 0 Å². The number of carbonyl (C=O) groups is 2. The first-order valence-corrected chi connectivity index (χ1v) is 9.32. The predicted octanol–water partition coefficient (Wildman–Crippen LogP) is 3.07. The Morgan fingerprint density at radius 1 is 1.27 bits per heavy atom. The van der Waals surface area contributed by atoms with Crippen LogP contribution in [0.25, 0.3) is 10.9 Å². The molecule has 1 aliphatic carbocycles. The molecule has 1 saturated carbocycles. The SMILES string of the molecule is CC1CC(NC(=O)[C@@H]2C[C@H]2C)CCN1C(=O)c1cc(F)cc2cc[nH]c12. The van der Waals surface area contributed by atoms with Crippen LogP contribution in [0, 0.1) is 17.7 Å². The van der Waals surface area contributed by atoms with Gasteiger partial charge in [0.2, 0.25) is 5.91 Å². The minimum absolute atomic E-state index is 0.00791. The van der Waals surface area contributed by atoms with E-state index >= 15 is 0 Å². The number of nitrogens with one attached hydrogen (secondary N) is 2. The molecule has 2 unspecified atom stereocenters. The standard InChI is InChI=1S/C20H24FN3O2/c1-11-7-16(11)19(25)23-15-4-6-24(12(2)8-15)20(26)17-10-14(21)9-13-3-5-22-18(13)17/h3,5,9-12,15-16,22H,4,6-8H2,1-2H3,(H,23,25)/t11-,12?,15?,16-/m1/s1. The average Bonchev–Trinajstić information content (AvgIpc) is 3.14. The van der Waals surface area contributed by atoms with Gasteiger partial charge in [-0.1, -0.05) is 6.92 Å². The Hall–Kier alpha value is -2.37. The maximum Gasteiger partial charge on any atom is 0.256 e. The lowest BCUT2D eigenvalue weighted by Gasteiger charge is -2.38. The highest BCUT2D eigenvalue weighted by molar-refractivity contribution is 6.05. The number of hydrogen-bond acceptors (Lipinski definition) is 2. The molecule has 138 valence electrons. The van der Waals surface area contributed by atoms with E-state index in [1.165, 1.54) is 12.1 Å². The molecule has 2 aliphatic rings. The molecule has 1 aliphatic heterocycles. The number of aromatic amines is 1. The molecule has 0 spiro atoms. The smallest absolute Gasteiger partial charge is 0.256 e. The van der Waals surface area contributed by atoms with E-state index in [0.29, 0.717) is 28.9 Å². The Morgan fingerprint density at radius 3 is 2.73 bits per heavy atom. The quantitative estimate of drug-likeness (QED) is 0.887. The maximum absolute atomic E-state index is 13.9. The number of fused-ring (bicyclic) bond motifs is 1. The van der Waals surface area contributed by atoms with Crippen LogP contribution in [-0.2, 0) is 4.79 Å². The number of H-pyrrole nitrogens is 1. The second-order valence-corrected chi connectivity index (χ2v) is 7.79. The third kappa shape index (κ3) is 3.08. The normalized spacial score (nSPS) is 28.2. The zero-order valence-corrected chi connectivity index (χ0v) is 15.1. The lowest BCUT2D eigenvalue weighted by atomic mass is 9.96. The summed E-state index contributed by atoms with van der Waals surface area (Å²) in [5.41, 5.74) is 1.04. The van der Waals surface area contributed by atoms with Gasteiger partial charge >= 0.3 is 0 Å². The van der Waals surface area contributed by atoms with Crippen molar-refractivity contribution >= 4 is 22.7 Å². The number of likely N-dealkylation sites (tertiary alicyclic amines) is 1. The number of nitrogens with zero attached hydrogens (tertiary/aromatic N) is 1. The number of aromatic nitrogens is 1. The second-order valence-electron chi connectivity index (χ2n) is 7.79. The fraction of sp³-hybridized carbons (Fsp3) is 0.500. The topological polar surface area (TPSA) is 65.2 Å². The zero-order valence-electron chi connectivity index (χ0n) is 15.1. The molecule has 2 N–H and O–H groups in total. The van der Waals surface area contributed by atoms with Crippen molar-refractivity contribution in [2.75, 3.05) is 6.54 Å². The van der Waals surface area contributed by atoms with E-state index in [0.717, 1.165) is 19.3 Å². The molecule has 0 radical (unpaired) electrons. The third-order valence-corrected chi connectivity index (χ3v) is 5.78. The number of rotatable bonds is 3. The highest BCUT2D eigenvalue weighted by atomic mass is 19.1. The summed E-state index contributed by atoms with van der Waals surface area (Å²) in [6.45, 7) is 4.64. The first-order chi connectivity index (χ1) is 12.4. The first-order valence-electron chi connectivity index (χ1n) is 9.32. The number of benzene rings is 1. The molecular weight excluding hydrogens is 333 g/mol. The Balaban J connectivity index is 1.46. The van der Waals surface area contributed by atoms with Gasteiger partial charge in [0, 0.05) is 36.1 Å². The van der Waals surface area contributed by atoms with Crippen LogP contribution in [0.2, 0.25) is 0 Å². The summed E-state index contributed by atoms with van der Waals surface area (Å²) in [5.74, 6) is 0.232. The molecule has 2 aromatic rings. The van der Waals surface area contributed by atoms with Crippen molar-refractivity contribution in [2.24, 2.45) is 11.8 Å². The molecule has 4 rings (SSSR count). The molecule has 1 aromatic heterocycles. The fourth-order valence-electron chi connectivity index (χ4n) is 4.06. The summed E-state index contributed by atoms with van der Waals surface area (Å²) in [6, 6.07) is 4.58. The van der Waals surface area contributed by atoms with Gasteiger partial charge in [0.05, 0.1) is 11.1 Å². The Labute approximate surface area is 151 Å². The Morgan fingerprint density at radius 2 is 2.04 bits per heavy atom. The minimum atomic E-state index is -0.409. The van der Waals surface area contributed by atoms with Gasteiger partial charge in [-0.2, -0.15) is 0 Å². The molecule has 26 heavy (non-hydrogen) atoms. The zero-order chi connectivity index (χ0) is 18.4. The van der Waals surface area contributed by atoms with Gasteiger partial charge in [-0.25, -0.2) is 4.39 Å². The molecule has 6 heteroatoms. The van der Waals surface area contributed by atoms with E-state index in [-0.39, 0.29) is 29.8 Å². The van der Waals surface area contributed by atoms with E-state index < -0.39 is 5.82 Å². The molecular formula is C20H24FN3O2. The summed E-state index contributed by atoms with van der Waals surface area (Å²) < 4.78 is 13.9. The number of piperidine rings is 1. The number of hydrogen-bond donors (Lipinski definition) is 2. The maximum atomic E-state index is 13.9. The lowest BCUT2D eigenvalue weighted by Crippen LogP contribution is -2.51. The van der Waals surface area contributed by atoms with Gasteiger partial charge in [-0.05, 0) is 50.3 Å². The van der Waals surface area contributed by atoms with E-state index in [4.69, 9.17) is 0 Å². The minimum Gasteiger partial charge on any atom is -0.361 e. The van der Waals surface area contributed by atoms with E-state index in [9.17, 15) is 14.0 Å². The summed E-state index contributed by atoms with van der Waals surface area (Å²) in [4.78, 5) is 30.0. The molecule has 1 saturated heterocycles. The molecule has 2 amide bonds. The lowest BCUT2D eigenvalue weighted by molar-refractivity contribution is -0.123. The summed E-state index contributed by atoms with van der Waals surface area (Å²) in [5, 5.41) is 3.83. The highest BCUT2D eigenvalue weighted by Crippen LogP contribution is 2.38. The van der Waals surface area contributed by atoms with Gasteiger partial charge in [0.15, 0.2) is 0 Å². The number of halogens is 1. The van der Waals surface area contributed by atoms with Gasteiger partial charge in [-0.15, -0.1) is 0 Å². The average molecular weight is 357 g/mol. The largest absolute Gasteiger partial charge is 0.361 e. The third-order valence-electron chi connectivity index (χ3n) is 5.78. The van der Waals surface area contributed by atoms with E-state index in [1.54, 1.807) is 17.2 Å². The Bertz CT molecular complexity index is 862. The predicted molar refractivity (Wildman–Crippen MR) is 97.2 cm³/mol. The Kier molecular flexibility index (Phi) is 4.21. The van der Waals surface area contributed by atoms with Gasteiger partial charge in [-0.3, -0.25) is 9.59 Å². The summed E-state index contributed by atoms with van der Waals surface area (Å²) in [7, 11) is 0. The van der Waals surface area contributed by atoms with Crippen LogP contribution >= 0.6 is 0 Å². The molecule has 5 nitrogen and oxygen atoms in total. The van der Waals surface area contributed by atoms with E-state index in [2.05, 4.69) is 17.2 Å². The molecule has 2 fully saturated rings. The van der Waals surface area contributed by atoms with Crippen molar-refractivity contribution < 1.29 is 14.0 Å². The molecule has 0 bridgehead atoms. The molecule has 4 atom stereocenters. The second kappa shape index (κ2) is 6.41. The van der Waals surface area contributed by atoms with Gasteiger partial charge < -0.3 is 15.2 Å². The van der Waals surface area contributed by atoms with Crippen molar-refractivity contribution in [3.05, 3.63) is 35.8 Å². The molecule has 1 aromatic carbocycles. The van der Waals surface area contributed by atoms with Crippen molar-refractivity contribution in [2.45, 2.75) is 45.2 Å². The van der Waals surface area contributed by atoms with Gasteiger partial charge in [0.25, 0.3) is 5.91 Å². The van der Waals surface area contributed by atoms with Crippen molar-refractivity contribution in [3.63, 3.8) is 0 Å². The van der Waals surface area contributed by atoms with Crippen LogP contribution in [0.15, 0.2) is 24.4 Å². The molecule has 2 heterocycles. The number of carbonyl (C=O) groups excluding carboxylic acids is 2. The van der Waals surface area contributed by atoms with Crippen LogP contribution in [0.4, 0.5) is 4.39 Å². The summed E-state index contributed by atoms with van der Waals surface area (Å²) in [6.07, 6.45) is 4.14. The first kappa shape index (κ1) is 17.1.